The fraction of sp³-hybridized carbons (Fsp3) is 0.462. The molecule has 0 saturated heterocycles. The van der Waals surface area contributed by atoms with Crippen LogP contribution in [0.2, 0.25) is 0 Å². The van der Waals surface area contributed by atoms with E-state index in [-0.39, 0.29) is 12.8 Å². The number of para-hydroxylation sites is 1. The maximum atomic E-state index is 11.6. The molecule has 0 radical (unpaired) electrons. The van der Waals surface area contributed by atoms with Crippen LogP contribution in [0.1, 0.15) is 18.4 Å². The van der Waals surface area contributed by atoms with Crippen molar-refractivity contribution in [3.05, 3.63) is 23.8 Å². The van der Waals surface area contributed by atoms with Gasteiger partial charge in [-0.2, -0.15) is 0 Å². The van der Waals surface area contributed by atoms with Crippen LogP contribution >= 0.6 is 0 Å². The number of hydrogen-bond donors (Lipinski definition) is 2. The third kappa shape index (κ3) is 2.50. The molecular formula is C13H16N2O3. The van der Waals surface area contributed by atoms with E-state index in [1.54, 1.807) is 0 Å². The van der Waals surface area contributed by atoms with Gasteiger partial charge in [0.2, 0.25) is 6.79 Å². The van der Waals surface area contributed by atoms with Crippen LogP contribution in [-0.2, 0) is 6.54 Å². The minimum atomic E-state index is -0.126. The molecule has 0 spiro atoms. The van der Waals surface area contributed by atoms with Gasteiger partial charge in [-0.15, -0.1) is 0 Å². The van der Waals surface area contributed by atoms with Crippen molar-refractivity contribution in [1.82, 2.24) is 10.6 Å². The highest BCUT2D eigenvalue weighted by molar-refractivity contribution is 5.74. The lowest BCUT2D eigenvalue weighted by Gasteiger charge is -2.08. The topological polar surface area (TPSA) is 59.6 Å². The summed E-state index contributed by atoms with van der Waals surface area (Å²) in [4.78, 5) is 11.6. The van der Waals surface area contributed by atoms with E-state index in [0.717, 1.165) is 23.6 Å². The average Bonchev–Trinajstić information content (AvgIpc) is 3.09. The molecule has 2 N–H and O–H groups in total. The zero-order chi connectivity index (χ0) is 12.4. The minimum absolute atomic E-state index is 0.126. The third-order valence-corrected chi connectivity index (χ3v) is 3.17. The number of carbonyl (C=O) groups excluding carboxylic acids is 1. The molecule has 1 saturated carbocycles. The van der Waals surface area contributed by atoms with Crippen molar-refractivity contribution in [2.75, 3.05) is 13.3 Å². The molecule has 0 atom stereocenters. The smallest absolute Gasteiger partial charge is 0.315 e. The molecule has 1 aromatic rings. The van der Waals surface area contributed by atoms with Gasteiger partial charge in [0, 0.05) is 18.7 Å². The van der Waals surface area contributed by atoms with E-state index >= 15 is 0 Å². The first-order valence-corrected chi connectivity index (χ1v) is 6.22. The number of hydrogen-bond acceptors (Lipinski definition) is 3. The van der Waals surface area contributed by atoms with Crippen molar-refractivity contribution in [3.63, 3.8) is 0 Å². The number of amides is 2. The second-order valence-corrected chi connectivity index (χ2v) is 4.66. The highest BCUT2D eigenvalue weighted by Gasteiger charge is 2.22. The number of nitrogens with one attached hydrogen (secondary N) is 2. The zero-order valence-corrected chi connectivity index (χ0v) is 10.1. The Labute approximate surface area is 105 Å². The molecule has 0 aromatic heterocycles. The molecular weight excluding hydrogens is 232 g/mol. The first kappa shape index (κ1) is 11.2. The molecule has 0 bridgehead atoms. The summed E-state index contributed by atoms with van der Waals surface area (Å²) in [6.07, 6.45) is 2.47. The van der Waals surface area contributed by atoms with E-state index in [2.05, 4.69) is 10.6 Å². The van der Waals surface area contributed by atoms with Gasteiger partial charge in [0.15, 0.2) is 11.5 Å². The van der Waals surface area contributed by atoms with Crippen LogP contribution < -0.4 is 20.1 Å². The Morgan fingerprint density at radius 3 is 3.00 bits per heavy atom. The van der Waals surface area contributed by atoms with E-state index in [0.29, 0.717) is 12.5 Å². The minimum Gasteiger partial charge on any atom is -0.454 e. The van der Waals surface area contributed by atoms with E-state index in [4.69, 9.17) is 9.47 Å². The molecule has 2 aliphatic rings. The Morgan fingerprint density at radius 2 is 2.17 bits per heavy atom. The predicted octanol–water partition coefficient (Wildman–Crippen LogP) is 1.62. The van der Waals surface area contributed by atoms with Gasteiger partial charge in [0.25, 0.3) is 0 Å². The number of urea groups is 1. The van der Waals surface area contributed by atoms with Crippen molar-refractivity contribution in [2.45, 2.75) is 19.4 Å². The standard InChI is InChI=1S/C13H16N2O3/c16-13(14-6-9-4-5-9)15-7-10-2-1-3-11-12(10)18-8-17-11/h1-3,9H,4-8H2,(H2,14,15,16). The molecule has 0 unspecified atom stereocenters. The molecule has 3 rings (SSSR count). The van der Waals surface area contributed by atoms with Crippen LogP contribution in [-0.4, -0.2) is 19.4 Å². The van der Waals surface area contributed by atoms with Gasteiger partial charge in [0.05, 0.1) is 0 Å². The SMILES string of the molecule is O=C(NCc1cccc2c1OCO2)NCC1CC1. The number of ether oxygens (including phenoxy) is 2. The van der Waals surface area contributed by atoms with Gasteiger partial charge < -0.3 is 20.1 Å². The Balaban J connectivity index is 1.53. The summed E-state index contributed by atoms with van der Waals surface area (Å²) in [7, 11) is 0. The second-order valence-electron chi connectivity index (χ2n) is 4.66. The fourth-order valence-electron chi connectivity index (χ4n) is 1.93. The maximum Gasteiger partial charge on any atom is 0.315 e. The normalized spacial score (nSPS) is 16.4. The fourth-order valence-corrected chi connectivity index (χ4v) is 1.93. The molecule has 5 heteroatoms. The van der Waals surface area contributed by atoms with Gasteiger partial charge >= 0.3 is 6.03 Å². The molecule has 1 aliphatic carbocycles. The average molecular weight is 248 g/mol. The second kappa shape index (κ2) is 4.76. The predicted molar refractivity (Wildman–Crippen MR) is 65.5 cm³/mol. The first-order chi connectivity index (χ1) is 8.83. The van der Waals surface area contributed by atoms with Crippen LogP contribution in [0.15, 0.2) is 18.2 Å². The molecule has 1 aromatic carbocycles. The van der Waals surface area contributed by atoms with Crippen LogP contribution in [0.5, 0.6) is 11.5 Å². The van der Waals surface area contributed by atoms with Crippen molar-refractivity contribution in [3.8, 4) is 11.5 Å². The summed E-state index contributed by atoms with van der Waals surface area (Å²) in [6.45, 7) is 1.47. The lowest BCUT2D eigenvalue weighted by Crippen LogP contribution is -2.36. The summed E-state index contributed by atoms with van der Waals surface area (Å²) in [5.41, 5.74) is 0.937. The summed E-state index contributed by atoms with van der Waals surface area (Å²) in [5, 5.41) is 5.69. The molecule has 5 nitrogen and oxygen atoms in total. The van der Waals surface area contributed by atoms with Gasteiger partial charge in [-0.25, -0.2) is 4.79 Å². The summed E-state index contributed by atoms with van der Waals surface area (Å²) in [6, 6.07) is 5.55. The number of benzene rings is 1. The molecule has 1 aliphatic heterocycles. The van der Waals surface area contributed by atoms with Crippen LogP contribution in [0.25, 0.3) is 0 Å². The highest BCUT2D eigenvalue weighted by atomic mass is 16.7. The van der Waals surface area contributed by atoms with Gasteiger partial charge in [-0.05, 0) is 24.8 Å². The third-order valence-electron chi connectivity index (χ3n) is 3.17. The summed E-state index contributed by atoms with van der Waals surface area (Å²) in [5.74, 6) is 2.17. The Kier molecular flexibility index (Phi) is 2.96. The lowest BCUT2D eigenvalue weighted by molar-refractivity contribution is 0.173. The quantitative estimate of drug-likeness (QED) is 0.851. The Bertz CT molecular complexity index is 458. The van der Waals surface area contributed by atoms with Gasteiger partial charge in [-0.3, -0.25) is 0 Å². The zero-order valence-electron chi connectivity index (χ0n) is 10.1. The van der Waals surface area contributed by atoms with Crippen LogP contribution in [0.4, 0.5) is 4.79 Å². The van der Waals surface area contributed by atoms with E-state index in [9.17, 15) is 4.79 Å². The molecule has 96 valence electrons. The number of fused-ring (bicyclic) bond motifs is 1. The van der Waals surface area contributed by atoms with Gasteiger partial charge in [-0.1, -0.05) is 12.1 Å². The van der Waals surface area contributed by atoms with Crippen molar-refractivity contribution >= 4 is 6.03 Å². The molecule has 2 amide bonds. The van der Waals surface area contributed by atoms with Crippen LogP contribution in [0, 0.1) is 5.92 Å². The van der Waals surface area contributed by atoms with E-state index < -0.39 is 0 Å². The lowest BCUT2D eigenvalue weighted by atomic mass is 10.2. The molecule has 1 heterocycles. The Hall–Kier alpha value is -1.91. The Morgan fingerprint density at radius 1 is 1.28 bits per heavy atom. The van der Waals surface area contributed by atoms with E-state index in [1.165, 1.54) is 12.8 Å². The van der Waals surface area contributed by atoms with Crippen molar-refractivity contribution in [1.29, 1.82) is 0 Å². The molecule has 1 fully saturated rings. The highest BCUT2D eigenvalue weighted by Crippen LogP contribution is 2.35. The summed E-state index contributed by atoms with van der Waals surface area (Å²) < 4.78 is 10.7. The van der Waals surface area contributed by atoms with Crippen LogP contribution in [0.3, 0.4) is 0 Å². The first-order valence-electron chi connectivity index (χ1n) is 6.22. The number of rotatable bonds is 4. The monoisotopic (exact) mass is 248 g/mol. The van der Waals surface area contributed by atoms with Crippen molar-refractivity contribution < 1.29 is 14.3 Å². The van der Waals surface area contributed by atoms with E-state index in [1.807, 2.05) is 18.2 Å². The largest absolute Gasteiger partial charge is 0.454 e. The maximum absolute atomic E-state index is 11.6. The van der Waals surface area contributed by atoms with Gasteiger partial charge in [0.1, 0.15) is 0 Å². The molecule has 18 heavy (non-hydrogen) atoms. The van der Waals surface area contributed by atoms with Crippen molar-refractivity contribution in [2.24, 2.45) is 5.92 Å². The summed E-state index contributed by atoms with van der Waals surface area (Å²) >= 11 is 0. The number of carbonyl (C=O) groups is 1.